The van der Waals surface area contributed by atoms with Crippen LogP contribution in [0.3, 0.4) is 0 Å². The molecular formula is C17H12BrN3O. The minimum absolute atomic E-state index is 0.0813. The van der Waals surface area contributed by atoms with Gasteiger partial charge in [0.1, 0.15) is 17.4 Å². The molecule has 0 aliphatic carbocycles. The summed E-state index contributed by atoms with van der Waals surface area (Å²) in [7, 11) is 1.83. The number of halogens is 1. The lowest BCUT2D eigenvalue weighted by molar-refractivity contribution is 0.513. The Morgan fingerprint density at radius 1 is 1.23 bits per heavy atom. The zero-order valence-corrected chi connectivity index (χ0v) is 13.4. The molecule has 5 heteroatoms. The van der Waals surface area contributed by atoms with Crippen molar-refractivity contribution < 1.29 is 5.11 Å². The van der Waals surface area contributed by atoms with E-state index in [1.54, 1.807) is 18.2 Å². The van der Waals surface area contributed by atoms with Crippen LogP contribution in [0.1, 0.15) is 11.4 Å². The van der Waals surface area contributed by atoms with Crippen LogP contribution < -0.4 is 0 Å². The van der Waals surface area contributed by atoms with Gasteiger partial charge in [0.2, 0.25) is 0 Å². The fourth-order valence-corrected chi connectivity index (χ4v) is 2.76. The number of fused-ring (bicyclic) bond motifs is 1. The molecule has 3 aromatic rings. The average Bonchev–Trinajstić information content (AvgIpc) is 2.85. The standard InChI is InChI=1S/C17H12BrN3O/c1-21-15-8-3-2-7-14(15)20-17(21)13(10-19)16(22)11-5-4-6-12(18)9-11/h2-9,22H,1H3/b16-13-. The number of allylic oxidation sites excluding steroid dienone is 1. The van der Waals surface area contributed by atoms with Crippen molar-refractivity contribution in [3.8, 4) is 6.07 Å². The molecule has 0 aliphatic rings. The summed E-state index contributed by atoms with van der Waals surface area (Å²) in [6, 6.07) is 16.9. The van der Waals surface area contributed by atoms with Gasteiger partial charge in [0.25, 0.3) is 0 Å². The van der Waals surface area contributed by atoms with Gasteiger partial charge in [-0.15, -0.1) is 0 Å². The van der Waals surface area contributed by atoms with E-state index in [0.29, 0.717) is 11.4 Å². The third-order valence-corrected chi connectivity index (χ3v) is 3.95. The van der Waals surface area contributed by atoms with Gasteiger partial charge in [0, 0.05) is 17.1 Å². The summed E-state index contributed by atoms with van der Waals surface area (Å²) in [5.74, 6) is 0.364. The largest absolute Gasteiger partial charge is 0.506 e. The zero-order chi connectivity index (χ0) is 15.7. The van der Waals surface area contributed by atoms with Crippen molar-refractivity contribution in [3.05, 3.63) is 64.4 Å². The molecule has 0 saturated carbocycles. The Balaban J connectivity index is 2.24. The van der Waals surface area contributed by atoms with Crippen molar-refractivity contribution in [1.82, 2.24) is 9.55 Å². The van der Waals surface area contributed by atoms with Crippen LogP contribution in [0.5, 0.6) is 0 Å². The average molecular weight is 354 g/mol. The number of aromatic nitrogens is 2. The van der Waals surface area contributed by atoms with E-state index in [9.17, 15) is 10.4 Å². The number of hydrogen-bond donors (Lipinski definition) is 1. The van der Waals surface area contributed by atoms with Crippen LogP contribution >= 0.6 is 15.9 Å². The lowest BCUT2D eigenvalue weighted by atomic mass is 10.1. The maximum atomic E-state index is 10.5. The van der Waals surface area contributed by atoms with Gasteiger partial charge >= 0.3 is 0 Å². The Labute approximate surface area is 136 Å². The summed E-state index contributed by atoms with van der Waals surface area (Å²) in [4.78, 5) is 4.46. The first kappa shape index (κ1) is 14.4. The topological polar surface area (TPSA) is 61.8 Å². The molecule has 0 spiro atoms. The van der Waals surface area contributed by atoms with E-state index in [-0.39, 0.29) is 11.3 Å². The first-order valence-electron chi connectivity index (χ1n) is 6.63. The van der Waals surface area contributed by atoms with Gasteiger partial charge in [0.15, 0.2) is 5.82 Å². The van der Waals surface area contributed by atoms with E-state index in [0.717, 1.165) is 15.5 Å². The molecule has 1 N–H and O–H groups in total. The van der Waals surface area contributed by atoms with E-state index < -0.39 is 0 Å². The number of para-hydroxylation sites is 2. The Morgan fingerprint density at radius 2 is 2.00 bits per heavy atom. The number of aliphatic hydroxyl groups is 1. The second-order valence-electron chi connectivity index (χ2n) is 4.83. The van der Waals surface area contributed by atoms with Crippen molar-refractivity contribution in [2.45, 2.75) is 0 Å². The number of imidazole rings is 1. The Morgan fingerprint density at radius 3 is 2.68 bits per heavy atom. The summed E-state index contributed by atoms with van der Waals surface area (Å²) in [5.41, 5.74) is 2.41. The van der Waals surface area contributed by atoms with Gasteiger partial charge in [-0.3, -0.25) is 0 Å². The van der Waals surface area contributed by atoms with E-state index in [1.807, 2.05) is 41.9 Å². The normalized spacial score (nSPS) is 12.0. The van der Waals surface area contributed by atoms with Crippen LogP contribution in [-0.2, 0) is 7.05 Å². The predicted molar refractivity (Wildman–Crippen MR) is 89.9 cm³/mol. The highest BCUT2D eigenvalue weighted by molar-refractivity contribution is 9.10. The molecule has 0 atom stereocenters. The maximum absolute atomic E-state index is 10.5. The molecule has 0 bridgehead atoms. The molecule has 22 heavy (non-hydrogen) atoms. The summed E-state index contributed by atoms with van der Waals surface area (Å²) in [6.45, 7) is 0. The zero-order valence-electron chi connectivity index (χ0n) is 11.8. The van der Waals surface area contributed by atoms with Gasteiger partial charge in [-0.05, 0) is 24.3 Å². The van der Waals surface area contributed by atoms with Crippen molar-refractivity contribution in [2.24, 2.45) is 7.05 Å². The molecular weight excluding hydrogens is 342 g/mol. The molecule has 0 unspecified atom stereocenters. The van der Waals surface area contributed by atoms with Crippen molar-refractivity contribution in [2.75, 3.05) is 0 Å². The fraction of sp³-hybridized carbons (Fsp3) is 0.0588. The minimum Gasteiger partial charge on any atom is -0.506 e. The van der Waals surface area contributed by atoms with Gasteiger partial charge in [0.05, 0.1) is 11.0 Å². The van der Waals surface area contributed by atoms with Crippen molar-refractivity contribution in [1.29, 1.82) is 5.26 Å². The number of nitriles is 1. The van der Waals surface area contributed by atoms with Crippen LogP contribution in [-0.4, -0.2) is 14.7 Å². The minimum atomic E-state index is -0.0813. The first-order valence-corrected chi connectivity index (χ1v) is 7.42. The van der Waals surface area contributed by atoms with Crippen molar-refractivity contribution in [3.63, 3.8) is 0 Å². The number of aliphatic hydroxyl groups excluding tert-OH is 1. The van der Waals surface area contributed by atoms with Crippen molar-refractivity contribution >= 4 is 38.3 Å². The van der Waals surface area contributed by atoms with Crippen LogP contribution in [0, 0.1) is 11.3 Å². The summed E-state index contributed by atoms with van der Waals surface area (Å²) in [5, 5.41) is 20.0. The quantitative estimate of drug-likeness (QED) is 0.552. The van der Waals surface area contributed by atoms with Gasteiger partial charge in [-0.1, -0.05) is 40.2 Å². The third kappa shape index (κ3) is 2.38. The molecule has 4 nitrogen and oxygen atoms in total. The predicted octanol–water partition coefficient (Wildman–Crippen LogP) is 4.29. The molecule has 2 aromatic carbocycles. The maximum Gasteiger partial charge on any atom is 0.155 e. The molecule has 1 aromatic heterocycles. The second-order valence-corrected chi connectivity index (χ2v) is 5.74. The Kier molecular flexibility index (Phi) is 3.70. The number of hydrogen-bond acceptors (Lipinski definition) is 3. The molecule has 0 aliphatic heterocycles. The summed E-state index contributed by atoms with van der Waals surface area (Å²) >= 11 is 3.36. The Bertz CT molecular complexity index is 934. The van der Waals surface area contributed by atoms with E-state index in [4.69, 9.17) is 0 Å². The lowest BCUT2D eigenvalue weighted by Crippen LogP contribution is -1.99. The van der Waals surface area contributed by atoms with Gasteiger partial charge in [-0.2, -0.15) is 5.26 Å². The van der Waals surface area contributed by atoms with Gasteiger partial charge < -0.3 is 9.67 Å². The number of rotatable bonds is 2. The molecule has 3 rings (SSSR count). The molecule has 0 radical (unpaired) electrons. The fourth-order valence-electron chi connectivity index (χ4n) is 2.36. The van der Waals surface area contributed by atoms with Gasteiger partial charge in [-0.25, -0.2) is 4.98 Å². The lowest BCUT2D eigenvalue weighted by Gasteiger charge is -2.05. The third-order valence-electron chi connectivity index (χ3n) is 3.46. The molecule has 108 valence electrons. The summed E-state index contributed by atoms with van der Waals surface area (Å²) in [6.07, 6.45) is 0. The first-order chi connectivity index (χ1) is 10.6. The highest BCUT2D eigenvalue weighted by Crippen LogP contribution is 2.27. The van der Waals surface area contributed by atoms with E-state index in [1.165, 1.54) is 0 Å². The summed E-state index contributed by atoms with van der Waals surface area (Å²) < 4.78 is 2.64. The SMILES string of the molecule is Cn1c(/C(C#N)=C(\O)c2cccc(Br)c2)nc2ccccc21. The molecule has 0 saturated heterocycles. The number of benzene rings is 2. The molecule has 0 fully saturated rings. The van der Waals surface area contributed by atoms with Crippen LogP contribution in [0.2, 0.25) is 0 Å². The highest BCUT2D eigenvalue weighted by Gasteiger charge is 2.17. The monoisotopic (exact) mass is 353 g/mol. The van der Waals surface area contributed by atoms with Crippen LogP contribution in [0.15, 0.2) is 53.0 Å². The molecule has 0 amide bonds. The van der Waals surface area contributed by atoms with E-state index in [2.05, 4.69) is 27.0 Å². The smallest absolute Gasteiger partial charge is 0.155 e. The van der Waals surface area contributed by atoms with Crippen LogP contribution in [0.25, 0.3) is 22.4 Å². The molecule has 1 heterocycles. The number of aryl methyl sites for hydroxylation is 1. The van der Waals surface area contributed by atoms with E-state index >= 15 is 0 Å². The number of nitrogens with zero attached hydrogens (tertiary/aromatic N) is 3. The highest BCUT2D eigenvalue weighted by atomic mass is 79.9. The Hall–Kier alpha value is -2.58. The van der Waals surface area contributed by atoms with Crippen LogP contribution in [0.4, 0.5) is 0 Å². The second kappa shape index (κ2) is 5.66.